The van der Waals surface area contributed by atoms with E-state index in [0.717, 1.165) is 25.9 Å². The molecule has 0 bridgehead atoms. The number of rotatable bonds is 8. The molecule has 96 valence electrons. The molecule has 0 aliphatic carbocycles. The van der Waals surface area contributed by atoms with E-state index in [1.54, 1.807) is 12.3 Å². The number of alkyl halides is 1. The summed E-state index contributed by atoms with van der Waals surface area (Å²) in [5.41, 5.74) is 0. The number of hydrogen-bond donors (Lipinski definition) is 0. The lowest BCUT2D eigenvalue weighted by molar-refractivity contribution is 0.326. The smallest absolute Gasteiger partial charge is 0.228 e. The number of hydrogen-bond acceptors (Lipinski definition) is 4. The molecule has 0 N–H and O–H groups in total. The molecule has 4 nitrogen and oxygen atoms in total. The van der Waals surface area contributed by atoms with E-state index in [2.05, 4.69) is 21.8 Å². The van der Waals surface area contributed by atoms with Crippen molar-refractivity contribution in [2.75, 3.05) is 30.5 Å². The average molecular weight is 258 g/mol. The molecule has 0 fully saturated rings. The fourth-order valence-corrected chi connectivity index (χ4v) is 1.68. The van der Waals surface area contributed by atoms with Gasteiger partial charge in [-0.25, -0.2) is 4.98 Å². The van der Waals surface area contributed by atoms with Crippen molar-refractivity contribution in [1.29, 1.82) is 0 Å². The van der Waals surface area contributed by atoms with E-state index >= 15 is 0 Å². The summed E-state index contributed by atoms with van der Waals surface area (Å²) in [6.07, 6.45) is 3.98. The highest BCUT2D eigenvalue weighted by Gasteiger charge is 2.09. The highest BCUT2D eigenvalue weighted by Crippen LogP contribution is 2.13. The fraction of sp³-hybridized carbons (Fsp3) is 0.667. The molecular weight excluding hydrogens is 238 g/mol. The SMILES string of the molecule is CCCCN(CCCl)c1nccc(OCC)n1. The molecule has 0 atom stereocenters. The zero-order valence-corrected chi connectivity index (χ0v) is 11.3. The van der Waals surface area contributed by atoms with Crippen LogP contribution in [0.25, 0.3) is 0 Å². The van der Waals surface area contributed by atoms with Crippen molar-refractivity contribution >= 4 is 17.5 Å². The van der Waals surface area contributed by atoms with Crippen LogP contribution < -0.4 is 9.64 Å². The Bertz CT molecular complexity index is 322. The Labute approximate surface area is 108 Å². The van der Waals surface area contributed by atoms with Gasteiger partial charge in [0.15, 0.2) is 0 Å². The van der Waals surface area contributed by atoms with Gasteiger partial charge in [0.1, 0.15) is 0 Å². The summed E-state index contributed by atoms with van der Waals surface area (Å²) >= 11 is 5.80. The molecular formula is C12H20ClN3O. The van der Waals surface area contributed by atoms with Gasteiger partial charge in [0.2, 0.25) is 11.8 Å². The third kappa shape index (κ3) is 4.77. The Hall–Kier alpha value is -1.03. The van der Waals surface area contributed by atoms with Crippen LogP contribution in [-0.4, -0.2) is 35.5 Å². The molecule has 0 aromatic carbocycles. The molecule has 0 saturated carbocycles. The van der Waals surface area contributed by atoms with Crippen molar-refractivity contribution in [3.8, 4) is 5.88 Å². The van der Waals surface area contributed by atoms with Crippen LogP contribution in [-0.2, 0) is 0 Å². The van der Waals surface area contributed by atoms with Gasteiger partial charge in [-0.3, -0.25) is 0 Å². The van der Waals surface area contributed by atoms with Crippen LogP contribution in [0, 0.1) is 0 Å². The predicted molar refractivity (Wildman–Crippen MR) is 71.0 cm³/mol. The van der Waals surface area contributed by atoms with Crippen molar-refractivity contribution in [1.82, 2.24) is 9.97 Å². The summed E-state index contributed by atoms with van der Waals surface area (Å²) in [6, 6.07) is 1.77. The molecule has 0 saturated heterocycles. The Morgan fingerprint density at radius 1 is 1.35 bits per heavy atom. The third-order valence-electron chi connectivity index (χ3n) is 2.33. The summed E-state index contributed by atoms with van der Waals surface area (Å²) in [5, 5.41) is 0. The number of ether oxygens (including phenoxy) is 1. The van der Waals surface area contributed by atoms with Crippen LogP contribution in [0.4, 0.5) is 5.95 Å². The topological polar surface area (TPSA) is 38.2 Å². The fourth-order valence-electron chi connectivity index (χ4n) is 1.48. The molecule has 1 rings (SSSR count). The Kier molecular flexibility index (Phi) is 6.70. The maximum Gasteiger partial charge on any atom is 0.228 e. The molecule has 1 aromatic rings. The zero-order valence-electron chi connectivity index (χ0n) is 10.5. The second-order valence-electron chi connectivity index (χ2n) is 3.66. The van der Waals surface area contributed by atoms with Gasteiger partial charge in [-0.1, -0.05) is 13.3 Å². The molecule has 0 aliphatic rings. The van der Waals surface area contributed by atoms with Gasteiger partial charge in [-0.15, -0.1) is 11.6 Å². The maximum absolute atomic E-state index is 5.80. The molecule has 1 heterocycles. The van der Waals surface area contributed by atoms with E-state index in [1.165, 1.54) is 0 Å². The van der Waals surface area contributed by atoms with Gasteiger partial charge >= 0.3 is 0 Å². The first-order chi connectivity index (χ1) is 8.31. The van der Waals surface area contributed by atoms with Gasteiger partial charge < -0.3 is 9.64 Å². The van der Waals surface area contributed by atoms with E-state index in [1.807, 2.05) is 6.92 Å². The normalized spacial score (nSPS) is 10.3. The van der Waals surface area contributed by atoms with E-state index in [4.69, 9.17) is 16.3 Å². The minimum atomic E-state index is 0.575. The number of nitrogens with zero attached hydrogens (tertiary/aromatic N) is 3. The molecule has 0 unspecified atom stereocenters. The lowest BCUT2D eigenvalue weighted by Gasteiger charge is -2.21. The first-order valence-corrected chi connectivity index (χ1v) is 6.62. The lowest BCUT2D eigenvalue weighted by Crippen LogP contribution is -2.28. The van der Waals surface area contributed by atoms with Crippen LogP contribution >= 0.6 is 11.6 Å². The van der Waals surface area contributed by atoms with Crippen molar-refractivity contribution in [3.63, 3.8) is 0 Å². The zero-order chi connectivity index (χ0) is 12.5. The van der Waals surface area contributed by atoms with Gasteiger partial charge in [0.05, 0.1) is 6.61 Å². The molecule has 5 heteroatoms. The van der Waals surface area contributed by atoms with Gasteiger partial charge in [0.25, 0.3) is 0 Å². The largest absolute Gasteiger partial charge is 0.478 e. The van der Waals surface area contributed by atoms with E-state index in [0.29, 0.717) is 24.3 Å². The number of halogens is 1. The molecule has 0 spiro atoms. The van der Waals surface area contributed by atoms with Crippen molar-refractivity contribution in [2.45, 2.75) is 26.7 Å². The number of anilines is 1. The van der Waals surface area contributed by atoms with E-state index in [-0.39, 0.29) is 0 Å². The van der Waals surface area contributed by atoms with E-state index in [9.17, 15) is 0 Å². The lowest BCUT2D eigenvalue weighted by atomic mass is 10.3. The minimum absolute atomic E-state index is 0.575. The second-order valence-corrected chi connectivity index (χ2v) is 4.04. The van der Waals surface area contributed by atoms with Crippen LogP contribution in [0.1, 0.15) is 26.7 Å². The molecule has 17 heavy (non-hydrogen) atoms. The summed E-state index contributed by atoms with van der Waals surface area (Å²) in [4.78, 5) is 10.7. The van der Waals surface area contributed by atoms with Crippen LogP contribution in [0.5, 0.6) is 5.88 Å². The molecule has 0 aliphatic heterocycles. The standard InChI is InChI=1S/C12H20ClN3O/c1-3-5-9-16(10-7-13)12-14-8-6-11(15-12)17-4-2/h6,8H,3-5,7,9-10H2,1-2H3. The Morgan fingerprint density at radius 3 is 2.82 bits per heavy atom. The predicted octanol–water partition coefficient (Wildman–Crippen LogP) is 2.72. The van der Waals surface area contributed by atoms with Crippen LogP contribution in [0.3, 0.4) is 0 Å². The molecule has 1 aromatic heterocycles. The van der Waals surface area contributed by atoms with Gasteiger partial charge in [-0.05, 0) is 13.3 Å². The van der Waals surface area contributed by atoms with Gasteiger partial charge in [0, 0.05) is 31.2 Å². The van der Waals surface area contributed by atoms with Gasteiger partial charge in [-0.2, -0.15) is 4.98 Å². The highest BCUT2D eigenvalue weighted by molar-refractivity contribution is 6.18. The average Bonchev–Trinajstić information content (AvgIpc) is 2.35. The summed E-state index contributed by atoms with van der Waals surface area (Å²) < 4.78 is 5.37. The third-order valence-corrected chi connectivity index (χ3v) is 2.50. The Balaban J connectivity index is 2.73. The van der Waals surface area contributed by atoms with Crippen LogP contribution in [0.2, 0.25) is 0 Å². The maximum atomic E-state index is 5.80. The Morgan fingerprint density at radius 2 is 2.18 bits per heavy atom. The number of unbranched alkanes of at least 4 members (excludes halogenated alkanes) is 1. The molecule has 0 amide bonds. The first-order valence-electron chi connectivity index (χ1n) is 6.08. The molecule has 0 radical (unpaired) electrons. The quantitative estimate of drug-likeness (QED) is 0.671. The van der Waals surface area contributed by atoms with Crippen molar-refractivity contribution in [3.05, 3.63) is 12.3 Å². The van der Waals surface area contributed by atoms with E-state index < -0.39 is 0 Å². The monoisotopic (exact) mass is 257 g/mol. The second kappa shape index (κ2) is 8.12. The minimum Gasteiger partial charge on any atom is -0.478 e. The van der Waals surface area contributed by atoms with Crippen LogP contribution in [0.15, 0.2) is 12.3 Å². The van der Waals surface area contributed by atoms with Crippen molar-refractivity contribution in [2.24, 2.45) is 0 Å². The van der Waals surface area contributed by atoms with Crippen molar-refractivity contribution < 1.29 is 4.74 Å². The summed E-state index contributed by atoms with van der Waals surface area (Å²) in [7, 11) is 0. The summed E-state index contributed by atoms with van der Waals surface area (Å²) in [6.45, 7) is 6.41. The highest BCUT2D eigenvalue weighted by atomic mass is 35.5. The first kappa shape index (κ1) is 14.0. The summed E-state index contributed by atoms with van der Waals surface area (Å²) in [5.74, 6) is 1.89. The number of aromatic nitrogens is 2.